The van der Waals surface area contributed by atoms with Gasteiger partial charge in [0, 0.05) is 0 Å². The van der Waals surface area contributed by atoms with Crippen LogP contribution in [-0.4, -0.2) is 19.8 Å². The fraction of sp³-hybridized carbons (Fsp3) is 1.00. The van der Waals surface area contributed by atoms with Crippen LogP contribution in [0, 0.1) is 0 Å². The predicted octanol–water partition coefficient (Wildman–Crippen LogP) is 5.86. The van der Waals surface area contributed by atoms with Gasteiger partial charge in [-0.1, -0.05) is 0 Å². The van der Waals surface area contributed by atoms with Crippen molar-refractivity contribution in [1.82, 2.24) is 0 Å². The summed E-state index contributed by atoms with van der Waals surface area (Å²) in [5, 5.41) is 0. The van der Waals surface area contributed by atoms with Crippen LogP contribution in [0.4, 0.5) is 0 Å². The topological polar surface area (TPSA) is 27.7 Å². The Kier molecular flexibility index (Phi) is 16.5. The zero-order chi connectivity index (χ0) is 15.1. The van der Waals surface area contributed by atoms with Crippen LogP contribution in [0.15, 0.2) is 0 Å². The van der Waals surface area contributed by atoms with E-state index in [0.29, 0.717) is 0 Å². The van der Waals surface area contributed by atoms with Gasteiger partial charge in [-0.3, -0.25) is 0 Å². The third-order valence-corrected chi connectivity index (χ3v) is 12.6. The van der Waals surface area contributed by atoms with E-state index in [2.05, 4.69) is 38.8 Å². The fourth-order valence-corrected chi connectivity index (χ4v) is 9.15. The van der Waals surface area contributed by atoms with E-state index in [0.717, 1.165) is 39.1 Å². The van der Waals surface area contributed by atoms with Gasteiger partial charge < -0.3 is 0 Å². The molecule has 0 atom stereocenters. The molecule has 0 rings (SSSR count). The molecule has 0 saturated carbocycles. The van der Waals surface area contributed by atoms with Crippen molar-refractivity contribution in [3.05, 3.63) is 0 Å². The second-order valence-corrected chi connectivity index (χ2v) is 17.5. The van der Waals surface area contributed by atoms with Crippen LogP contribution >= 0.6 is 18.0 Å². The molecule has 0 aromatic heterocycles. The molecule has 0 radical (unpaired) electrons. The number of rotatable bonds is 15. The molecular weight excluding hydrogens is 446 g/mol. The maximum absolute atomic E-state index is 6.04. The molecule has 0 aliphatic heterocycles. The molecule has 20 heavy (non-hydrogen) atoms. The number of unbranched alkanes of at least 4 members (excludes halogenated alkanes) is 6. The Morgan fingerprint density at radius 3 is 1.15 bits per heavy atom. The summed E-state index contributed by atoms with van der Waals surface area (Å²) in [6, 6.07) is 0. The van der Waals surface area contributed by atoms with E-state index in [1.165, 1.54) is 38.5 Å². The zero-order valence-electron chi connectivity index (χ0n) is 13.6. The van der Waals surface area contributed by atoms with Gasteiger partial charge in [0.25, 0.3) is 0 Å². The molecule has 3 nitrogen and oxygen atoms in total. The number of halogens is 1. The summed E-state index contributed by atoms with van der Waals surface area (Å²) in [4.78, 5) is 0. The van der Waals surface area contributed by atoms with Gasteiger partial charge in [0.05, 0.1) is 0 Å². The monoisotopic (exact) mass is 478 g/mol. The third kappa shape index (κ3) is 13.2. The Bertz CT molecular complexity index is 174. The van der Waals surface area contributed by atoms with Gasteiger partial charge in [0.2, 0.25) is 0 Å². The minimum atomic E-state index is -3.22. The molecule has 0 unspecified atom stereocenters. The van der Waals surface area contributed by atoms with Gasteiger partial charge in [-0.05, 0) is 0 Å². The van der Waals surface area contributed by atoms with Crippen molar-refractivity contribution in [2.24, 2.45) is 0 Å². The number of hydrogen-bond acceptors (Lipinski definition) is 3. The average molecular weight is 480 g/mol. The van der Waals surface area contributed by atoms with Crippen molar-refractivity contribution in [1.29, 1.82) is 0 Å². The molecule has 0 aliphatic rings. The molecular formula is C15H33IO3Zr. The molecule has 0 spiro atoms. The second-order valence-electron chi connectivity index (χ2n) is 5.15. The average Bonchev–Trinajstić information content (AvgIpc) is 2.45. The molecule has 0 bridgehead atoms. The molecule has 0 aliphatic carbocycles. The van der Waals surface area contributed by atoms with E-state index in [1.807, 2.05) is 0 Å². The molecule has 5 heteroatoms. The Labute approximate surface area is 141 Å². The van der Waals surface area contributed by atoms with Crippen LogP contribution in [0.3, 0.4) is 0 Å². The molecule has 0 aromatic rings. The Morgan fingerprint density at radius 1 is 0.600 bits per heavy atom. The molecule has 0 N–H and O–H groups in total. The van der Waals surface area contributed by atoms with Crippen molar-refractivity contribution in [3.63, 3.8) is 0 Å². The summed E-state index contributed by atoms with van der Waals surface area (Å²) in [5.74, 6) is 0. The van der Waals surface area contributed by atoms with E-state index in [4.69, 9.17) is 8.44 Å². The van der Waals surface area contributed by atoms with Crippen LogP contribution in [0.25, 0.3) is 0 Å². The van der Waals surface area contributed by atoms with Crippen LogP contribution in [-0.2, 0) is 25.8 Å². The van der Waals surface area contributed by atoms with Crippen LogP contribution < -0.4 is 0 Å². The van der Waals surface area contributed by atoms with E-state index >= 15 is 0 Å². The summed E-state index contributed by atoms with van der Waals surface area (Å²) in [7, 11) is 0. The van der Waals surface area contributed by atoms with Gasteiger partial charge in [-0.25, -0.2) is 0 Å². The van der Waals surface area contributed by atoms with Gasteiger partial charge >= 0.3 is 142 Å². The first kappa shape index (κ1) is 21.5. The van der Waals surface area contributed by atoms with E-state index in [1.54, 1.807) is 0 Å². The van der Waals surface area contributed by atoms with Crippen molar-refractivity contribution in [2.75, 3.05) is 19.8 Å². The van der Waals surface area contributed by atoms with Gasteiger partial charge in [0.1, 0.15) is 0 Å². The van der Waals surface area contributed by atoms with Gasteiger partial charge in [-0.2, -0.15) is 0 Å². The summed E-state index contributed by atoms with van der Waals surface area (Å²) >= 11 is -0.848. The first-order valence-corrected chi connectivity index (χ1v) is 18.6. The van der Waals surface area contributed by atoms with Crippen LogP contribution in [0.2, 0.25) is 0 Å². The van der Waals surface area contributed by atoms with Crippen molar-refractivity contribution >= 4 is 18.0 Å². The third-order valence-electron chi connectivity index (χ3n) is 3.07. The molecule has 0 fully saturated rings. The van der Waals surface area contributed by atoms with Crippen molar-refractivity contribution in [2.45, 2.75) is 78.6 Å². The molecule has 0 saturated heterocycles. The summed E-state index contributed by atoms with van der Waals surface area (Å²) < 4.78 is 18.1. The van der Waals surface area contributed by atoms with Crippen LogP contribution in [0.1, 0.15) is 78.6 Å². The van der Waals surface area contributed by atoms with E-state index in [9.17, 15) is 0 Å². The first-order valence-electron chi connectivity index (χ1n) is 8.29. The van der Waals surface area contributed by atoms with Gasteiger partial charge in [0.15, 0.2) is 0 Å². The molecule has 0 amide bonds. The first-order chi connectivity index (χ1) is 9.68. The SMILES string of the molecule is CCCCC[O][Zr]([I])([O]CCCCC)[O]CCCCC. The fourth-order valence-electron chi connectivity index (χ4n) is 1.76. The maximum atomic E-state index is 6.04. The Morgan fingerprint density at radius 2 is 0.900 bits per heavy atom. The summed E-state index contributed by atoms with van der Waals surface area (Å²) in [6.07, 6.45) is 10.7. The standard InChI is InChI=1S/3C5H11O.HI.Zr/c3*1-2-3-4-5-6;;/h3*2-5H2,1H3;1H;/q3*-1;;+4/p-1. The number of hydrogen-bond donors (Lipinski definition) is 0. The molecule has 0 heterocycles. The normalized spacial score (nSPS) is 12.0. The molecule has 0 aromatic carbocycles. The van der Waals surface area contributed by atoms with E-state index < -0.39 is 17.4 Å². The van der Waals surface area contributed by atoms with Crippen LogP contribution in [0.5, 0.6) is 0 Å². The van der Waals surface area contributed by atoms with Crippen molar-refractivity contribution < 1.29 is 25.8 Å². The second kappa shape index (κ2) is 15.4. The van der Waals surface area contributed by atoms with Crippen molar-refractivity contribution in [3.8, 4) is 0 Å². The zero-order valence-corrected chi connectivity index (χ0v) is 18.2. The Balaban J connectivity index is 3.98. The predicted molar refractivity (Wildman–Crippen MR) is 90.5 cm³/mol. The summed E-state index contributed by atoms with van der Waals surface area (Å²) in [5.41, 5.74) is 0. The quantitative estimate of drug-likeness (QED) is 0.218. The summed E-state index contributed by atoms with van der Waals surface area (Å²) in [6.45, 7) is 9.03. The van der Waals surface area contributed by atoms with E-state index in [-0.39, 0.29) is 0 Å². The Hall–Kier alpha value is 1.49. The minimum absolute atomic E-state index is 0.800. The molecule has 122 valence electrons. The van der Waals surface area contributed by atoms with Gasteiger partial charge in [-0.15, -0.1) is 0 Å².